The average molecular weight is 333 g/mol. The number of nitriles is 1. The van der Waals surface area contributed by atoms with Gasteiger partial charge in [0.25, 0.3) is 0 Å². The molecule has 1 atom stereocenters. The highest BCUT2D eigenvalue weighted by atomic mass is 16.3. The van der Waals surface area contributed by atoms with Crippen LogP contribution in [-0.4, -0.2) is 5.78 Å². The number of para-hydroxylation sites is 1. The van der Waals surface area contributed by atoms with Gasteiger partial charge in [0, 0.05) is 28.6 Å². The van der Waals surface area contributed by atoms with Crippen LogP contribution in [0.1, 0.15) is 38.2 Å². The molecule has 0 amide bonds. The Morgan fingerprint density at radius 1 is 1.32 bits per heavy atom. The molecule has 25 heavy (non-hydrogen) atoms. The van der Waals surface area contributed by atoms with Crippen molar-refractivity contribution in [2.75, 3.05) is 0 Å². The van der Waals surface area contributed by atoms with Gasteiger partial charge >= 0.3 is 0 Å². The summed E-state index contributed by atoms with van der Waals surface area (Å²) in [5.74, 6) is -0.0928. The van der Waals surface area contributed by atoms with Crippen LogP contribution in [0.5, 0.6) is 0 Å². The van der Waals surface area contributed by atoms with Gasteiger partial charge in [0.1, 0.15) is 11.4 Å². The molecule has 4 rings (SSSR count). The van der Waals surface area contributed by atoms with E-state index in [1.54, 1.807) is 6.26 Å². The van der Waals surface area contributed by atoms with Gasteiger partial charge in [-0.25, -0.2) is 0 Å². The molecule has 1 aliphatic heterocycles. The van der Waals surface area contributed by atoms with E-state index in [9.17, 15) is 10.1 Å². The lowest BCUT2D eigenvalue weighted by atomic mass is 9.69. The molecule has 0 saturated heterocycles. The first kappa shape index (κ1) is 15.5. The van der Waals surface area contributed by atoms with Gasteiger partial charge in [0.05, 0.1) is 23.8 Å². The molecule has 5 heteroatoms. The Morgan fingerprint density at radius 2 is 2.08 bits per heavy atom. The summed E-state index contributed by atoms with van der Waals surface area (Å²) in [4.78, 5) is 13.0. The predicted molar refractivity (Wildman–Crippen MR) is 94.0 cm³/mol. The number of nitrogens with two attached hydrogens (primary N) is 1. The van der Waals surface area contributed by atoms with E-state index in [2.05, 4.69) is 25.2 Å². The molecule has 2 aromatic rings. The number of hydrogen-bond acceptors (Lipinski definition) is 5. The van der Waals surface area contributed by atoms with Gasteiger partial charge in [0.15, 0.2) is 5.78 Å². The number of hydrogen-bond donors (Lipinski definition) is 2. The van der Waals surface area contributed by atoms with Crippen molar-refractivity contribution in [1.29, 1.82) is 5.26 Å². The Labute approximate surface area is 145 Å². The molecule has 3 N–H and O–H groups in total. The van der Waals surface area contributed by atoms with Crippen molar-refractivity contribution in [3.05, 3.63) is 58.8 Å². The maximum Gasteiger partial charge on any atom is 0.162 e. The first-order chi connectivity index (χ1) is 11.9. The van der Waals surface area contributed by atoms with Crippen LogP contribution in [0.4, 0.5) is 0 Å². The van der Waals surface area contributed by atoms with Crippen LogP contribution in [0, 0.1) is 16.7 Å². The molecule has 1 aromatic heterocycles. The molecule has 0 radical (unpaired) electrons. The number of carbonyl (C=O) groups excluding carboxylic acids is 1. The normalized spacial score (nSPS) is 22.6. The molecular weight excluding hydrogens is 314 g/mol. The van der Waals surface area contributed by atoms with E-state index in [0.29, 0.717) is 23.4 Å². The smallest absolute Gasteiger partial charge is 0.162 e. The number of benzene rings is 1. The number of Topliss-reactive ketones (excluding diaryl/α,β-unsaturated/α-hetero) is 1. The van der Waals surface area contributed by atoms with Crippen molar-refractivity contribution in [3.63, 3.8) is 0 Å². The third-order valence-corrected chi connectivity index (χ3v) is 5.02. The maximum atomic E-state index is 13.0. The van der Waals surface area contributed by atoms with E-state index in [-0.39, 0.29) is 11.2 Å². The third-order valence-electron chi connectivity index (χ3n) is 5.02. The fraction of sp³-hybridized carbons (Fsp3) is 0.300. The quantitative estimate of drug-likeness (QED) is 0.834. The van der Waals surface area contributed by atoms with Crippen LogP contribution in [0.15, 0.2) is 57.6 Å². The number of ketones is 1. The lowest BCUT2D eigenvalue weighted by Gasteiger charge is -2.38. The highest BCUT2D eigenvalue weighted by Gasteiger charge is 2.42. The minimum absolute atomic E-state index is 0.0641. The molecule has 5 nitrogen and oxygen atoms in total. The van der Waals surface area contributed by atoms with Gasteiger partial charge in [-0.1, -0.05) is 32.0 Å². The number of furan rings is 1. The molecule has 2 heterocycles. The number of fused-ring (bicyclic) bond motifs is 1. The summed E-state index contributed by atoms with van der Waals surface area (Å²) >= 11 is 0. The SMILES string of the molecule is CC1(C)CC(=O)C2=C(C1)NC(N)=C(C#N)[C@H]2c1coc2ccccc12. The Bertz CT molecular complexity index is 1000. The highest BCUT2D eigenvalue weighted by Crippen LogP contribution is 2.47. The van der Waals surface area contributed by atoms with Crippen molar-refractivity contribution >= 4 is 16.8 Å². The summed E-state index contributed by atoms with van der Waals surface area (Å²) in [6.45, 7) is 4.14. The van der Waals surface area contributed by atoms with E-state index in [1.807, 2.05) is 24.3 Å². The molecule has 1 aliphatic carbocycles. The summed E-state index contributed by atoms with van der Waals surface area (Å²) in [7, 11) is 0. The Morgan fingerprint density at radius 3 is 2.84 bits per heavy atom. The highest BCUT2D eigenvalue weighted by molar-refractivity contribution is 6.01. The molecule has 0 unspecified atom stereocenters. The lowest BCUT2D eigenvalue weighted by molar-refractivity contribution is -0.118. The topological polar surface area (TPSA) is 92.0 Å². The minimum Gasteiger partial charge on any atom is -0.464 e. The number of dihydropyridines is 1. The van der Waals surface area contributed by atoms with Gasteiger partial charge < -0.3 is 15.5 Å². The predicted octanol–water partition coefficient (Wildman–Crippen LogP) is 3.46. The van der Waals surface area contributed by atoms with E-state index < -0.39 is 5.92 Å². The summed E-state index contributed by atoms with van der Waals surface area (Å²) in [5, 5.41) is 13.7. The van der Waals surface area contributed by atoms with Crippen LogP contribution in [-0.2, 0) is 4.79 Å². The van der Waals surface area contributed by atoms with Crippen LogP contribution in [0.3, 0.4) is 0 Å². The zero-order chi connectivity index (χ0) is 17.8. The van der Waals surface area contributed by atoms with Crippen LogP contribution in [0.2, 0.25) is 0 Å². The number of nitrogens with one attached hydrogen (secondary N) is 1. The summed E-state index contributed by atoms with van der Waals surface area (Å²) < 4.78 is 5.66. The van der Waals surface area contributed by atoms with Crippen molar-refractivity contribution in [3.8, 4) is 6.07 Å². The van der Waals surface area contributed by atoms with Gasteiger partial charge in [0.2, 0.25) is 0 Å². The molecule has 0 saturated carbocycles. The standard InChI is InChI=1S/C20H19N3O2/c1-20(2)7-14-18(15(24)8-20)17(12(9-21)19(22)23-14)13-10-25-16-6-4-3-5-11(13)16/h3-6,10,17,23H,7-8,22H2,1-2H3/t17-/m0/s1. The molecule has 126 valence electrons. The van der Waals surface area contributed by atoms with E-state index >= 15 is 0 Å². The number of carbonyl (C=O) groups is 1. The average Bonchev–Trinajstić information content (AvgIpc) is 2.96. The molecule has 2 aliphatic rings. The number of rotatable bonds is 1. The first-order valence-corrected chi connectivity index (χ1v) is 8.30. The van der Waals surface area contributed by atoms with E-state index in [4.69, 9.17) is 10.2 Å². The van der Waals surface area contributed by atoms with Crippen LogP contribution < -0.4 is 11.1 Å². The van der Waals surface area contributed by atoms with Crippen molar-refractivity contribution in [2.45, 2.75) is 32.6 Å². The number of nitrogens with zero attached hydrogens (tertiary/aromatic N) is 1. The van der Waals surface area contributed by atoms with Crippen molar-refractivity contribution in [1.82, 2.24) is 5.32 Å². The molecule has 0 fully saturated rings. The summed E-state index contributed by atoms with van der Waals surface area (Å²) in [5.41, 5.74) is 9.41. The van der Waals surface area contributed by atoms with Crippen molar-refractivity contribution < 1.29 is 9.21 Å². The van der Waals surface area contributed by atoms with Gasteiger partial charge in [-0.15, -0.1) is 0 Å². The summed E-state index contributed by atoms with van der Waals surface area (Å²) in [6.07, 6.45) is 2.82. The monoisotopic (exact) mass is 333 g/mol. The molecular formula is C20H19N3O2. The van der Waals surface area contributed by atoms with E-state index in [0.717, 1.165) is 28.7 Å². The third kappa shape index (κ3) is 2.33. The molecule has 0 spiro atoms. The second-order valence-corrected chi connectivity index (χ2v) is 7.52. The van der Waals surface area contributed by atoms with Gasteiger partial charge in [-0.05, 0) is 17.9 Å². The first-order valence-electron chi connectivity index (χ1n) is 8.30. The minimum atomic E-state index is -0.478. The van der Waals surface area contributed by atoms with Crippen LogP contribution in [0.25, 0.3) is 11.0 Å². The Balaban J connectivity index is 1.96. The van der Waals surface area contributed by atoms with Crippen molar-refractivity contribution in [2.24, 2.45) is 11.1 Å². The molecule has 0 bridgehead atoms. The number of allylic oxidation sites excluding steroid dienone is 3. The van der Waals surface area contributed by atoms with Gasteiger partial charge in [-0.2, -0.15) is 5.26 Å². The fourth-order valence-corrected chi connectivity index (χ4v) is 3.97. The fourth-order valence-electron chi connectivity index (χ4n) is 3.97. The zero-order valence-corrected chi connectivity index (χ0v) is 14.2. The second kappa shape index (κ2) is 5.25. The van der Waals surface area contributed by atoms with Crippen LogP contribution >= 0.6 is 0 Å². The Kier molecular flexibility index (Phi) is 3.26. The molecule has 1 aromatic carbocycles. The maximum absolute atomic E-state index is 13.0. The zero-order valence-electron chi connectivity index (χ0n) is 14.2. The summed E-state index contributed by atoms with van der Waals surface area (Å²) in [6, 6.07) is 9.83. The lowest BCUT2D eigenvalue weighted by Crippen LogP contribution is -2.39. The Hall–Kier alpha value is -3.00. The van der Waals surface area contributed by atoms with E-state index in [1.165, 1.54) is 0 Å². The van der Waals surface area contributed by atoms with Gasteiger partial charge in [-0.3, -0.25) is 4.79 Å². The largest absolute Gasteiger partial charge is 0.464 e. The second-order valence-electron chi connectivity index (χ2n) is 7.52.